The van der Waals surface area contributed by atoms with E-state index in [4.69, 9.17) is 5.11 Å². The van der Waals surface area contributed by atoms with E-state index in [1.165, 1.54) is 11.0 Å². The van der Waals surface area contributed by atoms with Gasteiger partial charge in [-0.25, -0.2) is 18.1 Å². The number of aliphatic hydroxyl groups is 1. The van der Waals surface area contributed by atoms with Crippen LogP contribution < -0.4 is 4.72 Å². The molecule has 0 atom stereocenters. The van der Waals surface area contributed by atoms with Crippen molar-refractivity contribution in [3.05, 3.63) is 42.0 Å². The summed E-state index contributed by atoms with van der Waals surface area (Å²) < 4.78 is 28.2. The number of rotatable bonds is 7. The van der Waals surface area contributed by atoms with Gasteiger partial charge >= 0.3 is 0 Å². The monoisotopic (exact) mass is 310 g/mol. The Morgan fingerprint density at radius 1 is 1.29 bits per heavy atom. The van der Waals surface area contributed by atoms with Crippen LogP contribution in [0.5, 0.6) is 0 Å². The SMILES string of the molecule is Cn1cnc(CNS(=O)(=O)c2ccc(CCCO)cc2)n1. The van der Waals surface area contributed by atoms with E-state index in [0.717, 1.165) is 12.0 Å². The fourth-order valence-corrected chi connectivity index (χ4v) is 2.81. The second kappa shape index (κ2) is 6.79. The Balaban J connectivity index is 2.01. The van der Waals surface area contributed by atoms with E-state index in [0.29, 0.717) is 12.2 Å². The third-order valence-electron chi connectivity index (χ3n) is 2.92. The van der Waals surface area contributed by atoms with Crippen LogP contribution in [-0.2, 0) is 30.0 Å². The Labute approximate surface area is 123 Å². The van der Waals surface area contributed by atoms with Gasteiger partial charge in [0.1, 0.15) is 6.33 Å². The molecule has 0 aliphatic carbocycles. The zero-order valence-electron chi connectivity index (χ0n) is 11.7. The highest BCUT2D eigenvalue weighted by Gasteiger charge is 2.14. The lowest BCUT2D eigenvalue weighted by molar-refractivity contribution is 0.288. The number of nitrogens with zero attached hydrogens (tertiary/aromatic N) is 3. The Kier molecular flexibility index (Phi) is 5.05. The van der Waals surface area contributed by atoms with E-state index in [1.54, 1.807) is 31.3 Å². The van der Waals surface area contributed by atoms with E-state index in [2.05, 4.69) is 14.8 Å². The Morgan fingerprint density at radius 3 is 2.57 bits per heavy atom. The number of benzene rings is 1. The molecule has 1 aromatic heterocycles. The van der Waals surface area contributed by atoms with Crippen LogP contribution in [0.2, 0.25) is 0 Å². The molecule has 1 aromatic carbocycles. The van der Waals surface area contributed by atoms with Crippen LogP contribution in [-0.4, -0.2) is 34.9 Å². The molecule has 2 rings (SSSR count). The molecule has 0 fully saturated rings. The molecule has 0 unspecified atom stereocenters. The summed E-state index contributed by atoms with van der Waals surface area (Å²) in [6.07, 6.45) is 2.90. The highest BCUT2D eigenvalue weighted by atomic mass is 32.2. The van der Waals surface area contributed by atoms with Crippen LogP contribution in [0.3, 0.4) is 0 Å². The molecule has 0 saturated heterocycles. The molecule has 0 aliphatic heterocycles. The molecule has 7 nitrogen and oxygen atoms in total. The summed E-state index contributed by atoms with van der Waals surface area (Å²) in [6, 6.07) is 6.62. The van der Waals surface area contributed by atoms with Crippen LogP contribution in [0.25, 0.3) is 0 Å². The Morgan fingerprint density at radius 2 is 2.00 bits per heavy atom. The fourth-order valence-electron chi connectivity index (χ4n) is 1.83. The van der Waals surface area contributed by atoms with Gasteiger partial charge < -0.3 is 5.11 Å². The molecule has 0 amide bonds. The lowest BCUT2D eigenvalue weighted by Gasteiger charge is -2.06. The minimum atomic E-state index is -3.58. The maximum absolute atomic E-state index is 12.1. The van der Waals surface area contributed by atoms with Gasteiger partial charge in [-0.2, -0.15) is 5.10 Å². The van der Waals surface area contributed by atoms with Crippen LogP contribution in [0.1, 0.15) is 17.8 Å². The van der Waals surface area contributed by atoms with Crippen molar-refractivity contribution in [3.8, 4) is 0 Å². The van der Waals surface area contributed by atoms with Gasteiger partial charge in [0, 0.05) is 13.7 Å². The Bertz CT molecular complexity index is 680. The summed E-state index contributed by atoms with van der Waals surface area (Å²) in [5.74, 6) is 0.417. The van der Waals surface area contributed by atoms with Crippen molar-refractivity contribution in [2.45, 2.75) is 24.3 Å². The van der Waals surface area contributed by atoms with Crippen molar-refractivity contribution >= 4 is 10.0 Å². The minimum absolute atomic E-state index is 0.0510. The van der Waals surface area contributed by atoms with Crippen LogP contribution in [0.4, 0.5) is 0 Å². The lowest BCUT2D eigenvalue weighted by atomic mass is 10.1. The van der Waals surface area contributed by atoms with Crippen LogP contribution in [0, 0.1) is 0 Å². The number of hydrogen-bond acceptors (Lipinski definition) is 5. The second-order valence-corrected chi connectivity index (χ2v) is 6.40. The number of aromatic nitrogens is 3. The lowest BCUT2D eigenvalue weighted by Crippen LogP contribution is -2.24. The number of nitrogens with one attached hydrogen (secondary N) is 1. The predicted molar refractivity (Wildman–Crippen MR) is 76.9 cm³/mol. The average molecular weight is 310 g/mol. The first-order chi connectivity index (χ1) is 10.0. The normalized spacial score (nSPS) is 11.7. The van der Waals surface area contributed by atoms with Crippen molar-refractivity contribution < 1.29 is 13.5 Å². The van der Waals surface area contributed by atoms with Gasteiger partial charge in [-0.3, -0.25) is 4.68 Å². The fraction of sp³-hybridized carbons (Fsp3) is 0.385. The quantitative estimate of drug-likeness (QED) is 0.762. The summed E-state index contributed by atoms with van der Waals surface area (Å²) in [4.78, 5) is 4.16. The summed E-state index contributed by atoms with van der Waals surface area (Å²) >= 11 is 0. The predicted octanol–water partition coefficient (Wildman–Crippen LogP) is 0.218. The minimum Gasteiger partial charge on any atom is -0.396 e. The average Bonchev–Trinajstić information content (AvgIpc) is 2.89. The molecular weight excluding hydrogens is 292 g/mol. The van der Waals surface area contributed by atoms with Gasteiger partial charge in [-0.05, 0) is 30.5 Å². The van der Waals surface area contributed by atoms with E-state index in [9.17, 15) is 8.42 Å². The van der Waals surface area contributed by atoms with Crippen molar-refractivity contribution in [1.82, 2.24) is 19.5 Å². The molecule has 1 heterocycles. The van der Waals surface area contributed by atoms with E-state index >= 15 is 0 Å². The highest BCUT2D eigenvalue weighted by Crippen LogP contribution is 2.12. The molecule has 0 aliphatic rings. The van der Waals surface area contributed by atoms with Crippen molar-refractivity contribution in [3.63, 3.8) is 0 Å². The number of aryl methyl sites for hydroxylation is 2. The third kappa shape index (κ3) is 4.35. The topological polar surface area (TPSA) is 97.1 Å². The van der Waals surface area contributed by atoms with Crippen LogP contribution in [0.15, 0.2) is 35.5 Å². The number of hydrogen-bond donors (Lipinski definition) is 2. The van der Waals surface area contributed by atoms with E-state index in [1.807, 2.05) is 0 Å². The maximum atomic E-state index is 12.1. The van der Waals surface area contributed by atoms with Gasteiger partial charge in [-0.15, -0.1) is 0 Å². The summed E-state index contributed by atoms with van der Waals surface area (Å²) in [6.45, 7) is 0.175. The first kappa shape index (κ1) is 15.6. The molecule has 0 saturated carbocycles. The van der Waals surface area contributed by atoms with Gasteiger partial charge in [0.2, 0.25) is 10.0 Å². The number of sulfonamides is 1. The molecule has 8 heteroatoms. The van der Waals surface area contributed by atoms with Gasteiger partial charge in [0.15, 0.2) is 5.82 Å². The molecule has 21 heavy (non-hydrogen) atoms. The second-order valence-electron chi connectivity index (χ2n) is 4.63. The van der Waals surface area contributed by atoms with Crippen molar-refractivity contribution in [2.24, 2.45) is 7.05 Å². The highest BCUT2D eigenvalue weighted by molar-refractivity contribution is 7.89. The van der Waals surface area contributed by atoms with Crippen LogP contribution >= 0.6 is 0 Å². The van der Waals surface area contributed by atoms with Crippen molar-refractivity contribution in [2.75, 3.05) is 6.61 Å². The first-order valence-electron chi connectivity index (χ1n) is 6.55. The molecular formula is C13H18N4O3S. The zero-order valence-corrected chi connectivity index (χ0v) is 12.5. The molecule has 0 radical (unpaired) electrons. The summed E-state index contributed by atoms with van der Waals surface area (Å²) in [7, 11) is -1.86. The summed E-state index contributed by atoms with van der Waals surface area (Å²) in [5, 5.41) is 12.8. The standard InChI is InChI=1S/C13H18N4O3S/c1-17-10-14-13(16-17)9-15-21(19,20)12-6-4-11(5-7-12)3-2-8-18/h4-7,10,15,18H,2-3,8-9H2,1H3. The summed E-state index contributed by atoms with van der Waals surface area (Å²) in [5.41, 5.74) is 0.995. The molecule has 2 N–H and O–H groups in total. The van der Waals surface area contributed by atoms with Crippen molar-refractivity contribution in [1.29, 1.82) is 0 Å². The third-order valence-corrected chi connectivity index (χ3v) is 4.34. The Hall–Kier alpha value is -1.77. The van der Waals surface area contributed by atoms with E-state index in [-0.39, 0.29) is 18.0 Å². The number of aliphatic hydroxyl groups excluding tert-OH is 1. The first-order valence-corrected chi connectivity index (χ1v) is 8.03. The molecule has 2 aromatic rings. The van der Waals surface area contributed by atoms with E-state index < -0.39 is 10.0 Å². The largest absolute Gasteiger partial charge is 0.396 e. The maximum Gasteiger partial charge on any atom is 0.240 e. The zero-order chi connectivity index (χ0) is 15.3. The molecule has 0 bridgehead atoms. The van der Waals surface area contributed by atoms with Gasteiger partial charge in [0.25, 0.3) is 0 Å². The molecule has 0 spiro atoms. The molecule has 114 valence electrons. The van der Waals surface area contributed by atoms with Gasteiger partial charge in [-0.1, -0.05) is 12.1 Å². The van der Waals surface area contributed by atoms with Gasteiger partial charge in [0.05, 0.1) is 11.4 Å². The smallest absolute Gasteiger partial charge is 0.240 e.